The molecule has 0 aliphatic heterocycles. The second-order valence-electron chi connectivity index (χ2n) is 7.13. The van der Waals surface area contributed by atoms with Gasteiger partial charge >= 0.3 is 0 Å². The SMILES string of the molecule is Cn1nc(C=CC2=C(Cl)CC3CCC(C2)C3=O)cc1-c1ccc(F)cc1. The Bertz CT molecular complexity index is 911. The van der Waals surface area contributed by atoms with Gasteiger partial charge in [0.25, 0.3) is 0 Å². The van der Waals surface area contributed by atoms with Gasteiger partial charge in [0.2, 0.25) is 0 Å². The first-order valence-corrected chi connectivity index (χ1v) is 9.28. The zero-order chi connectivity index (χ0) is 18.3. The van der Waals surface area contributed by atoms with E-state index in [9.17, 15) is 9.18 Å². The lowest BCUT2D eigenvalue weighted by Crippen LogP contribution is -2.11. The van der Waals surface area contributed by atoms with Crippen LogP contribution in [0.2, 0.25) is 0 Å². The van der Waals surface area contributed by atoms with Gasteiger partial charge in [-0.3, -0.25) is 9.48 Å². The van der Waals surface area contributed by atoms with E-state index in [-0.39, 0.29) is 17.7 Å². The molecule has 0 spiro atoms. The minimum Gasteiger partial charge on any atom is -0.299 e. The summed E-state index contributed by atoms with van der Waals surface area (Å²) in [6.07, 6.45) is 7.27. The maximum Gasteiger partial charge on any atom is 0.139 e. The first-order valence-electron chi connectivity index (χ1n) is 8.90. The summed E-state index contributed by atoms with van der Waals surface area (Å²) >= 11 is 6.47. The average Bonchev–Trinajstić information content (AvgIpc) is 3.11. The fourth-order valence-corrected chi connectivity index (χ4v) is 4.28. The minimum absolute atomic E-state index is 0.110. The summed E-state index contributed by atoms with van der Waals surface area (Å²) < 4.78 is 14.9. The number of ketones is 1. The summed E-state index contributed by atoms with van der Waals surface area (Å²) in [5.74, 6) is 0.352. The van der Waals surface area contributed by atoms with Crippen molar-refractivity contribution in [1.29, 1.82) is 0 Å². The fraction of sp³-hybridized carbons (Fsp3) is 0.333. The lowest BCUT2D eigenvalue weighted by Gasteiger charge is -2.09. The van der Waals surface area contributed by atoms with Gasteiger partial charge in [0.15, 0.2) is 0 Å². The third kappa shape index (κ3) is 3.26. The Kier molecular flexibility index (Phi) is 4.53. The second kappa shape index (κ2) is 6.84. The highest BCUT2D eigenvalue weighted by Gasteiger charge is 2.37. The van der Waals surface area contributed by atoms with Gasteiger partial charge in [-0.15, -0.1) is 0 Å². The number of hydrogen-bond donors (Lipinski definition) is 0. The van der Waals surface area contributed by atoms with Gasteiger partial charge in [0, 0.05) is 23.9 Å². The fourth-order valence-electron chi connectivity index (χ4n) is 3.96. The van der Waals surface area contributed by atoms with Crippen LogP contribution in [0.4, 0.5) is 4.39 Å². The number of rotatable bonds is 3. The predicted molar refractivity (Wildman–Crippen MR) is 101 cm³/mol. The number of Topliss-reactive ketones (excluding diaryl/α,β-unsaturated/α-hetero) is 1. The zero-order valence-electron chi connectivity index (χ0n) is 14.6. The van der Waals surface area contributed by atoms with Gasteiger partial charge in [-0.25, -0.2) is 4.39 Å². The Morgan fingerprint density at radius 3 is 2.58 bits per heavy atom. The molecule has 5 heteroatoms. The summed E-state index contributed by atoms with van der Waals surface area (Å²) in [7, 11) is 1.87. The molecule has 1 aromatic carbocycles. The highest BCUT2D eigenvalue weighted by atomic mass is 35.5. The lowest BCUT2D eigenvalue weighted by molar-refractivity contribution is -0.123. The summed E-state index contributed by atoms with van der Waals surface area (Å²) in [6.45, 7) is 0. The van der Waals surface area contributed by atoms with Gasteiger partial charge < -0.3 is 0 Å². The maximum atomic E-state index is 13.1. The number of fused-ring (bicyclic) bond motifs is 2. The van der Waals surface area contributed by atoms with Crippen LogP contribution in [0.1, 0.15) is 31.4 Å². The van der Waals surface area contributed by atoms with Crippen LogP contribution in [-0.2, 0) is 11.8 Å². The van der Waals surface area contributed by atoms with Crippen molar-refractivity contribution in [1.82, 2.24) is 9.78 Å². The van der Waals surface area contributed by atoms with Crippen LogP contribution in [0, 0.1) is 17.7 Å². The molecule has 1 heterocycles. The zero-order valence-corrected chi connectivity index (χ0v) is 15.3. The number of carbonyl (C=O) groups excluding carboxylic acids is 1. The first-order chi connectivity index (χ1) is 12.5. The average molecular weight is 371 g/mol. The Labute approximate surface area is 157 Å². The van der Waals surface area contributed by atoms with Gasteiger partial charge in [-0.2, -0.15) is 5.10 Å². The van der Waals surface area contributed by atoms with E-state index in [0.29, 0.717) is 12.2 Å². The van der Waals surface area contributed by atoms with Crippen LogP contribution < -0.4 is 0 Å². The van der Waals surface area contributed by atoms with Crippen molar-refractivity contribution in [2.24, 2.45) is 18.9 Å². The standard InChI is InChI=1S/C21H20ClFN2O/c1-25-20(13-4-7-17(23)8-5-13)12-18(24-25)9-6-14-10-15-2-3-16(21(15)26)11-19(14)22/h4-9,12,15-16H,2-3,10-11H2,1H3. The highest BCUT2D eigenvalue weighted by molar-refractivity contribution is 6.30. The molecule has 1 aromatic heterocycles. The number of nitrogens with zero attached hydrogens (tertiary/aromatic N) is 2. The van der Waals surface area contributed by atoms with E-state index in [0.717, 1.165) is 46.8 Å². The Morgan fingerprint density at radius 2 is 1.85 bits per heavy atom. The molecular weight excluding hydrogens is 351 g/mol. The van der Waals surface area contributed by atoms with E-state index in [1.54, 1.807) is 16.8 Å². The topological polar surface area (TPSA) is 34.9 Å². The summed E-state index contributed by atoms with van der Waals surface area (Å²) in [6, 6.07) is 8.34. The molecule has 2 aliphatic rings. The molecule has 4 rings (SSSR count). The van der Waals surface area contributed by atoms with Crippen molar-refractivity contribution < 1.29 is 9.18 Å². The molecule has 2 bridgehead atoms. The number of carbonyl (C=O) groups is 1. The van der Waals surface area contributed by atoms with Gasteiger partial charge in [-0.05, 0) is 73.2 Å². The van der Waals surface area contributed by atoms with E-state index < -0.39 is 0 Å². The van der Waals surface area contributed by atoms with Gasteiger partial charge in [0.05, 0.1) is 11.4 Å². The molecule has 26 heavy (non-hydrogen) atoms. The summed E-state index contributed by atoms with van der Waals surface area (Å²) in [5, 5.41) is 5.31. The quantitative estimate of drug-likeness (QED) is 0.751. The van der Waals surface area contributed by atoms with Crippen LogP contribution in [0.3, 0.4) is 0 Å². The number of hydrogen-bond acceptors (Lipinski definition) is 2. The van der Waals surface area contributed by atoms with Crippen LogP contribution in [0.25, 0.3) is 17.3 Å². The monoisotopic (exact) mass is 370 g/mol. The highest BCUT2D eigenvalue weighted by Crippen LogP contribution is 2.41. The van der Waals surface area contributed by atoms with Crippen molar-refractivity contribution in [3.8, 4) is 11.3 Å². The number of aryl methyl sites for hydroxylation is 1. The molecule has 0 amide bonds. The normalized spacial score (nSPS) is 23.1. The number of allylic oxidation sites excluding steroid dienone is 3. The first kappa shape index (κ1) is 17.2. The molecule has 134 valence electrons. The molecule has 3 nitrogen and oxygen atoms in total. The van der Waals surface area contributed by atoms with Crippen molar-refractivity contribution >= 4 is 23.5 Å². The van der Waals surface area contributed by atoms with Crippen molar-refractivity contribution in [3.63, 3.8) is 0 Å². The lowest BCUT2D eigenvalue weighted by atomic mass is 9.97. The van der Waals surface area contributed by atoms with E-state index >= 15 is 0 Å². The van der Waals surface area contributed by atoms with Crippen molar-refractivity contribution in [3.05, 3.63) is 58.5 Å². The minimum atomic E-state index is -0.255. The molecule has 0 N–H and O–H groups in total. The van der Waals surface area contributed by atoms with Crippen LogP contribution >= 0.6 is 11.6 Å². The molecule has 2 aromatic rings. The van der Waals surface area contributed by atoms with Gasteiger partial charge in [-0.1, -0.05) is 17.7 Å². The third-order valence-electron chi connectivity index (χ3n) is 5.40. The number of aromatic nitrogens is 2. The molecular formula is C21H20ClFN2O. The van der Waals surface area contributed by atoms with Crippen molar-refractivity contribution in [2.75, 3.05) is 0 Å². The summed E-state index contributed by atoms with van der Waals surface area (Å²) in [4.78, 5) is 12.2. The number of benzene rings is 1. The largest absolute Gasteiger partial charge is 0.299 e. The third-order valence-corrected chi connectivity index (χ3v) is 5.80. The molecule has 2 unspecified atom stereocenters. The van der Waals surface area contributed by atoms with E-state index in [4.69, 9.17) is 11.6 Å². The van der Waals surface area contributed by atoms with Crippen LogP contribution in [-0.4, -0.2) is 15.6 Å². The van der Waals surface area contributed by atoms with E-state index in [1.807, 2.05) is 25.3 Å². The molecule has 2 atom stereocenters. The molecule has 2 aliphatic carbocycles. The number of halogens is 2. The second-order valence-corrected chi connectivity index (χ2v) is 7.59. The van der Waals surface area contributed by atoms with Crippen LogP contribution in [0.15, 0.2) is 47.0 Å². The summed E-state index contributed by atoms with van der Waals surface area (Å²) in [5.41, 5.74) is 3.68. The van der Waals surface area contributed by atoms with Crippen molar-refractivity contribution in [2.45, 2.75) is 25.7 Å². The maximum absolute atomic E-state index is 13.1. The van der Waals surface area contributed by atoms with E-state index in [1.165, 1.54) is 12.1 Å². The molecule has 0 radical (unpaired) electrons. The Balaban J connectivity index is 1.57. The molecule has 1 saturated carbocycles. The van der Waals surface area contributed by atoms with E-state index in [2.05, 4.69) is 5.10 Å². The molecule has 1 fully saturated rings. The van der Waals surface area contributed by atoms with Crippen LogP contribution in [0.5, 0.6) is 0 Å². The van der Waals surface area contributed by atoms with Gasteiger partial charge in [0.1, 0.15) is 11.6 Å². The predicted octanol–water partition coefficient (Wildman–Crippen LogP) is 5.12. The Hall–Kier alpha value is -2.20. The Morgan fingerprint density at radius 1 is 1.15 bits per heavy atom. The smallest absolute Gasteiger partial charge is 0.139 e. The molecule has 0 saturated heterocycles.